The van der Waals surface area contributed by atoms with Gasteiger partial charge in [-0.15, -0.1) is 0 Å². The Hall–Kier alpha value is -0.910. The quantitative estimate of drug-likeness (QED) is 0.860. The SMILES string of the molecule is COCC(NCC1CCCS1(=O)=O)c1ccccc1. The van der Waals surface area contributed by atoms with E-state index in [1.165, 1.54) is 0 Å². The van der Waals surface area contributed by atoms with E-state index in [2.05, 4.69) is 5.32 Å². The van der Waals surface area contributed by atoms with Gasteiger partial charge in [0, 0.05) is 13.7 Å². The number of rotatable bonds is 6. The van der Waals surface area contributed by atoms with Crippen LogP contribution >= 0.6 is 0 Å². The molecule has 2 unspecified atom stereocenters. The fourth-order valence-electron chi connectivity index (χ4n) is 2.49. The smallest absolute Gasteiger partial charge is 0.154 e. The minimum Gasteiger partial charge on any atom is -0.383 e. The molecular weight excluding hydrogens is 262 g/mol. The Bertz CT molecular complexity index is 487. The van der Waals surface area contributed by atoms with E-state index in [1.807, 2.05) is 30.3 Å². The van der Waals surface area contributed by atoms with Crippen molar-refractivity contribution in [3.8, 4) is 0 Å². The average molecular weight is 283 g/mol. The van der Waals surface area contributed by atoms with Gasteiger partial charge in [0.05, 0.1) is 23.7 Å². The Morgan fingerprint density at radius 2 is 2.11 bits per heavy atom. The first kappa shape index (κ1) is 14.5. The molecule has 5 heteroatoms. The summed E-state index contributed by atoms with van der Waals surface area (Å²) in [5.74, 6) is 0.333. The van der Waals surface area contributed by atoms with Gasteiger partial charge < -0.3 is 10.1 Å². The van der Waals surface area contributed by atoms with Crippen molar-refractivity contribution in [3.05, 3.63) is 35.9 Å². The summed E-state index contributed by atoms with van der Waals surface area (Å²) in [6.45, 7) is 1.04. The number of methoxy groups -OCH3 is 1. The Morgan fingerprint density at radius 3 is 2.68 bits per heavy atom. The number of hydrogen-bond donors (Lipinski definition) is 1. The van der Waals surface area contributed by atoms with E-state index in [4.69, 9.17) is 4.74 Å². The minimum atomic E-state index is -2.88. The molecule has 19 heavy (non-hydrogen) atoms. The molecule has 4 nitrogen and oxygen atoms in total. The van der Waals surface area contributed by atoms with Gasteiger partial charge in [-0.3, -0.25) is 0 Å². The molecule has 1 fully saturated rings. The van der Waals surface area contributed by atoms with Gasteiger partial charge in [0.2, 0.25) is 0 Å². The number of sulfone groups is 1. The zero-order chi connectivity index (χ0) is 13.7. The maximum Gasteiger partial charge on any atom is 0.154 e. The van der Waals surface area contributed by atoms with Crippen LogP contribution in [0.15, 0.2) is 30.3 Å². The van der Waals surface area contributed by atoms with Gasteiger partial charge in [-0.05, 0) is 18.4 Å². The number of nitrogens with one attached hydrogen (secondary N) is 1. The molecule has 0 spiro atoms. The Morgan fingerprint density at radius 1 is 1.37 bits per heavy atom. The van der Waals surface area contributed by atoms with E-state index in [0.29, 0.717) is 18.9 Å². The molecule has 0 aromatic heterocycles. The third kappa shape index (κ3) is 3.78. The first-order valence-corrected chi connectivity index (χ1v) is 8.34. The second kappa shape index (κ2) is 6.50. The number of ether oxygens (including phenoxy) is 1. The third-order valence-electron chi connectivity index (χ3n) is 3.59. The summed E-state index contributed by atoms with van der Waals surface area (Å²) in [5.41, 5.74) is 1.12. The molecule has 0 bridgehead atoms. The predicted molar refractivity (Wildman–Crippen MR) is 75.9 cm³/mol. The lowest BCUT2D eigenvalue weighted by atomic mass is 10.1. The molecule has 0 radical (unpaired) electrons. The predicted octanol–water partition coefficient (Wildman–Crippen LogP) is 1.54. The Kier molecular flexibility index (Phi) is 4.96. The molecule has 1 aliphatic rings. The van der Waals surface area contributed by atoms with Crippen molar-refractivity contribution in [2.75, 3.05) is 26.0 Å². The van der Waals surface area contributed by atoms with Crippen LogP contribution in [0.2, 0.25) is 0 Å². The molecule has 1 heterocycles. The molecule has 106 valence electrons. The Labute approximate surface area is 115 Å². The van der Waals surface area contributed by atoms with Crippen molar-refractivity contribution >= 4 is 9.84 Å². The van der Waals surface area contributed by atoms with E-state index < -0.39 is 9.84 Å². The summed E-state index contributed by atoms with van der Waals surface area (Å²) < 4.78 is 28.8. The molecule has 1 aromatic carbocycles. The van der Waals surface area contributed by atoms with Crippen LogP contribution in [0.25, 0.3) is 0 Å². The molecular formula is C14H21NO3S. The normalized spacial score (nSPS) is 23.3. The van der Waals surface area contributed by atoms with Crippen molar-refractivity contribution in [3.63, 3.8) is 0 Å². The first-order valence-electron chi connectivity index (χ1n) is 6.62. The summed E-state index contributed by atoms with van der Waals surface area (Å²) in [6, 6.07) is 10.0. The molecule has 1 N–H and O–H groups in total. The lowest BCUT2D eigenvalue weighted by Crippen LogP contribution is -2.34. The summed E-state index contributed by atoms with van der Waals surface area (Å²) in [5, 5.41) is 3.09. The van der Waals surface area contributed by atoms with Crippen LogP contribution in [0.1, 0.15) is 24.4 Å². The van der Waals surface area contributed by atoms with E-state index in [9.17, 15) is 8.42 Å². The molecule has 0 aliphatic carbocycles. The fraction of sp³-hybridized carbons (Fsp3) is 0.571. The maximum atomic E-state index is 11.8. The van der Waals surface area contributed by atoms with Gasteiger partial charge in [0.25, 0.3) is 0 Å². The fourth-order valence-corrected chi connectivity index (χ4v) is 4.26. The molecule has 1 aromatic rings. The monoisotopic (exact) mass is 283 g/mol. The topological polar surface area (TPSA) is 55.4 Å². The van der Waals surface area contributed by atoms with Gasteiger partial charge in [0.15, 0.2) is 9.84 Å². The molecule has 1 aliphatic heterocycles. The van der Waals surface area contributed by atoms with Gasteiger partial charge in [-0.25, -0.2) is 8.42 Å². The standard InChI is InChI=1S/C14H21NO3S/c1-18-11-14(12-6-3-2-4-7-12)15-10-13-8-5-9-19(13,16)17/h2-4,6-7,13-15H,5,8-11H2,1H3. The van der Waals surface area contributed by atoms with Crippen LogP contribution in [0.4, 0.5) is 0 Å². The molecule has 0 amide bonds. The lowest BCUT2D eigenvalue weighted by molar-refractivity contribution is 0.167. The summed E-state index contributed by atoms with van der Waals surface area (Å²) in [6.07, 6.45) is 1.55. The summed E-state index contributed by atoms with van der Waals surface area (Å²) in [4.78, 5) is 0. The van der Waals surface area contributed by atoms with Gasteiger partial charge in [-0.2, -0.15) is 0 Å². The van der Waals surface area contributed by atoms with Crippen LogP contribution in [0, 0.1) is 0 Å². The van der Waals surface area contributed by atoms with E-state index >= 15 is 0 Å². The highest BCUT2D eigenvalue weighted by molar-refractivity contribution is 7.92. The second-order valence-corrected chi connectivity index (χ2v) is 7.36. The third-order valence-corrected chi connectivity index (χ3v) is 5.87. The maximum absolute atomic E-state index is 11.8. The van der Waals surface area contributed by atoms with Crippen LogP contribution in [-0.4, -0.2) is 39.7 Å². The van der Waals surface area contributed by atoms with Gasteiger partial charge in [0.1, 0.15) is 0 Å². The lowest BCUT2D eigenvalue weighted by Gasteiger charge is -2.20. The highest BCUT2D eigenvalue weighted by Gasteiger charge is 2.31. The molecule has 1 saturated heterocycles. The Balaban J connectivity index is 1.98. The number of hydrogen-bond acceptors (Lipinski definition) is 4. The largest absolute Gasteiger partial charge is 0.383 e. The van der Waals surface area contributed by atoms with Crippen LogP contribution < -0.4 is 5.32 Å². The van der Waals surface area contributed by atoms with Crippen LogP contribution in [0.5, 0.6) is 0 Å². The van der Waals surface area contributed by atoms with Gasteiger partial charge in [-0.1, -0.05) is 30.3 Å². The second-order valence-electron chi connectivity index (χ2n) is 4.96. The summed E-state index contributed by atoms with van der Waals surface area (Å²) >= 11 is 0. The first-order chi connectivity index (χ1) is 9.13. The molecule has 2 rings (SSSR count). The number of benzene rings is 1. The van der Waals surface area contributed by atoms with Crippen molar-refractivity contribution in [1.29, 1.82) is 0 Å². The average Bonchev–Trinajstić information content (AvgIpc) is 2.75. The van der Waals surface area contributed by atoms with E-state index in [0.717, 1.165) is 18.4 Å². The highest BCUT2D eigenvalue weighted by atomic mass is 32.2. The minimum absolute atomic E-state index is 0.0435. The zero-order valence-electron chi connectivity index (χ0n) is 11.2. The van der Waals surface area contributed by atoms with E-state index in [1.54, 1.807) is 7.11 Å². The van der Waals surface area contributed by atoms with Gasteiger partial charge >= 0.3 is 0 Å². The molecule has 0 saturated carbocycles. The zero-order valence-corrected chi connectivity index (χ0v) is 12.0. The highest BCUT2D eigenvalue weighted by Crippen LogP contribution is 2.20. The van der Waals surface area contributed by atoms with Crippen molar-refractivity contribution in [2.24, 2.45) is 0 Å². The van der Waals surface area contributed by atoms with Crippen molar-refractivity contribution < 1.29 is 13.2 Å². The van der Waals surface area contributed by atoms with Crippen LogP contribution in [0.3, 0.4) is 0 Å². The van der Waals surface area contributed by atoms with E-state index in [-0.39, 0.29) is 11.3 Å². The summed E-state index contributed by atoms with van der Waals surface area (Å²) in [7, 11) is -1.23. The van der Waals surface area contributed by atoms with Crippen molar-refractivity contribution in [2.45, 2.75) is 24.1 Å². The molecule has 2 atom stereocenters. The van der Waals surface area contributed by atoms with Crippen LogP contribution in [-0.2, 0) is 14.6 Å². The van der Waals surface area contributed by atoms with Crippen molar-refractivity contribution in [1.82, 2.24) is 5.32 Å².